The lowest BCUT2D eigenvalue weighted by molar-refractivity contribution is 0.00585. The summed E-state index contributed by atoms with van der Waals surface area (Å²) in [5.74, 6) is -2.54. The molecule has 0 bridgehead atoms. The summed E-state index contributed by atoms with van der Waals surface area (Å²) in [7, 11) is 0. The first-order chi connectivity index (χ1) is 8.12. The molecule has 0 aromatic carbocycles. The Morgan fingerprint density at radius 2 is 2.06 bits per heavy atom. The summed E-state index contributed by atoms with van der Waals surface area (Å²) in [6.45, 7) is 4.73. The minimum atomic E-state index is -2.54. The maximum Gasteiger partial charge on any atom is 0.262 e. The van der Waals surface area contributed by atoms with E-state index in [0.717, 1.165) is 25.9 Å². The SMILES string of the molecule is CCOC[C@@H]1CC(F)(F)CN1C1CCNCC1. The van der Waals surface area contributed by atoms with Gasteiger partial charge >= 0.3 is 0 Å². The molecule has 0 unspecified atom stereocenters. The monoisotopic (exact) mass is 248 g/mol. The predicted molar refractivity (Wildman–Crippen MR) is 62.4 cm³/mol. The largest absolute Gasteiger partial charge is 0.380 e. The van der Waals surface area contributed by atoms with Gasteiger partial charge in [-0.05, 0) is 32.9 Å². The molecule has 0 spiro atoms. The third-order valence-corrected chi connectivity index (χ3v) is 3.71. The first-order valence-electron chi connectivity index (χ1n) is 6.54. The summed E-state index contributed by atoms with van der Waals surface area (Å²) in [4.78, 5) is 1.98. The number of alkyl halides is 2. The number of rotatable bonds is 4. The number of nitrogens with one attached hydrogen (secondary N) is 1. The Morgan fingerprint density at radius 1 is 1.35 bits per heavy atom. The second-order valence-electron chi connectivity index (χ2n) is 5.03. The molecule has 2 heterocycles. The van der Waals surface area contributed by atoms with Gasteiger partial charge in [-0.25, -0.2) is 8.78 Å². The molecule has 2 aliphatic heterocycles. The Kier molecular flexibility index (Phi) is 4.33. The zero-order valence-electron chi connectivity index (χ0n) is 10.4. The normalized spacial score (nSPS) is 30.9. The molecule has 1 atom stereocenters. The van der Waals surface area contributed by atoms with Gasteiger partial charge in [0, 0.05) is 25.1 Å². The molecule has 17 heavy (non-hydrogen) atoms. The number of piperidine rings is 1. The van der Waals surface area contributed by atoms with E-state index in [1.165, 1.54) is 0 Å². The maximum absolute atomic E-state index is 13.5. The topological polar surface area (TPSA) is 24.5 Å². The average Bonchev–Trinajstić information content (AvgIpc) is 2.63. The highest BCUT2D eigenvalue weighted by molar-refractivity contribution is 4.94. The summed E-state index contributed by atoms with van der Waals surface area (Å²) >= 11 is 0. The third-order valence-electron chi connectivity index (χ3n) is 3.71. The molecular weight excluding hydrogens is 226 g/mol. The van der Waals surface area contributed by atoms with Crippen molar-refractivity contribution in [2.24, 2.45) is 0 Å². The fourth-order valence-corrected chi connectivity index (χ4v) is 2.90. The summed E-state index contributed by atoms with van der Waals surface area (Å²) in [6, 6.07) is 0.197. The van der Waals surface area contributed by atoms with Crippen LogP contribution in [0.5, 0.6) is 0 Å². The third kappa shape index (κ3) is 3.36. The van der Waals surface area contributed by atoms with E-state index in [1.807, 2.05) is 11.8 Å². The number of hydrogen-bond donors (Lipinski definition) is 1. The quantitative estimate of drug-likeness (QED) is 0.815. The Labute approximate surface area is 101 Å². The molecule has 3 nitrogen and oxygen atoms in total. The van der Waals surface area contributed by atoms with Gasteiger partial charge in [0.2, 0.25) is 0 Å². The number of likely N-dealkylation sites (tertiary alicyclic amines) is 1. The van der Waals surface area contributed by atoms with Crippen LogP contribution in [0.4, 0.5) is 8.78 Å². The molecule has 2 aliphatic rings. The van der Waals surface area contributed by atoms with Crippen molar-refractivity contribution in [3.8, 4) is 0 Å². The van der Waals surface area contributed by atoms with Gasteiger partial charge in [0.05, 0.1) is 13.2 Å². The van der Waals surface area contributed by atoms with Gasteiger partial charge in [-0.1, -0.05) is 0 Å². The minimum absolute atomic E-state index is 0.0447. The van der Waals surface area contributed by atoms with E-state index in [4.69, 9.17) is 4.74 Å². The van der Waals surface area contributed by atoms with E-state index >= 15 is 0 Å². The summed E-state index contributed by atoms with van der Waals surface area (Å²) in [6.07, 6.45) is 1.90. The number of halogens is 2. The van der Waals surface area contributed by atoms with Gasteiger partial charge < -0.3 is 10.1 Å². The first-order valence-corrected chi connectivity index (χ1v) is 6.54. The van der Waals surface area contributed by atoms with Crippen molar-refractivity contribution in [2.75, 3.05) is 32.8 Å². The van der Waals surface area contributed by atoms with E-state index in [0.29, 0.717) is 19.3 Å². The van der Waals surface area contributed by atoms with Crippen LogP contribution in [0.2, 0.25) is 0 Å². The van der Waals surface area contributed by atoms with Crippen LogP contribution in [0, 0.1) is 0 Å². The molecule has 100 valence electrons. The number of ether oxygens (including phenoxy) is 1. The van der Waals surface area contributed by atoms with E-state index in [1.54, 1.807) is 0 Å². The van der Waals surface area contributed by atoms with E-state index in [2.05, 4.69) is 5.32 Å². The maximum atomic E-state index is 13.5. The zero-order valence-corrected chi connectivity index (χ0v) is 10.4. The fourth-order valence-electron chi connectivity index (χ4n) is 2.90. The van der Waals surface area contributed by atoms with Crippen molar-refractivity contribution in [2.45, 2.75) is 44.2 Å². The number of hydrogen-bond acceptors (Lipinski definition) is 3. The van der Waals surface area contributed by atoms with Gasteiger partial charge in [0.1, 0.15) is 0 Å². The van der Waals surface area contributed by atoms with Gasteiger partial charge in [0.25, 0.3) is 5.92 Å². The van der Waals surface area contributed by atoms with Crippen LogP contribution in [-0.2, 0) is 4.74 Å². The molecule has 1 N–H and O–H groups in total. The lowest BCUT2D eigenvalue weighted by atomic mass is 10.0. The molecule has 2 saturated heterocycles. The molecule has 0 radical (unpaired) electrons. The Morgan fingerprint density at radius 3 is 2.71 bits per heavy atom. The lowest BCUT2D eigenvalue weighted by Gasteiger charge is -2.35. The summed E-state index contributed by atoms with van der Waals surface area (Å²) in [5.41, 5.74) is 0. The first kappa shape index (κ1) is 13.2. The lowest BCUT2D eigenvalue weighted by Crippen LogP contribution is -2.47. The molecule has 0 aromatic rings. The van der Waals surface area contributed by atoms with Crippen LogP contribution in [0.1, 0.15) is 26.2 Å². The molecule has 0 aromatic heterocycles. The molecule has 0 amide bonds. The second kappa shape index (κ2) is 5.59. The predicted octanol–water partition coefficient (Wildman–Crippen LogP) is 1.48. The van der Waals surface area contributed by atoms with Crippen LogP contribution in [0.25, 0.3) is 0 Å². The second-order valence-corrected chi connectivity index (χ2v) is 5.03. The van der Waals surface area contributed by atoms with Gasteiger partial charge in [-0.2, -0.15) is 0 Å². The van der Waals surface area contributed by atoms with E-state index < -0.39 is 5.92 Å². The zero-order chi connectivity index (χ0) is 12.3. The van der Waals surface area contributed by atoms with Crippen molar-refractivity contribution in [1.29, 1.82) is 0 Å². The molecule has 0 aliphatic carbocycles. The molecule has 5 heteroatoms. The highest BCUT2D eigenvalue weighted by Crippen LogP contribution is 2.35. The van der Waals surface area contributed by atoms with Crippen molar-refractivity contribution in [3.63, 3.8) is 0 Å². The highest BCUT2D eigenvalue weighted by Gasteiger charge is 2.47. The minimum Gasteiger partial charge on any atom is -0.380 e. The van der Waals surface area contributed by atoms with Crippen molar-refractivity contribution in [1.82, 2.24) is 10.2 Å². The van der Waals surface area contributed by atoms with Crippen LogP contribution in [-0.4, -0.2) is 55.8 Å². The Bertz CT molecular complexity index is 245. The van der Waals surface area contributed by atoms with Gasteiger partial charge in [-0.15, -0.1) is 0 Å². The summed E-state index contributed by atoms with van der Waals surface area (Å²) in [5, 5.41) is 3.27. The summed E-state index contributed by atoms with van der Waals surface area (Å²) < 4.78 is 32.4. The van der Waals surface area contributed by atoms with Gasteiger partial charge in [0.15, 0.2) is 0 Å². The van der Waals surface area contributed by atoms with E-state index in [9.17, 15) is 8.78 Å². The number of nitrogens with zero attached hydrogens (tertiary/aromatic N) is 1. The van der Waals surface area contributed by atoms with Crippen molar-refractivity contribution >= 4 is 0 Å². The van der Waals surface area contributed by atoms with Crippen molar-refractivity contribution < 1.29 is 13.5 Å². The van der Waals surface area contributed by atoms with Crippen LogP contribution < -0.4 is 5.32 Å². The van der Waals surface area contributed by atoms with Crippen molar-refractivity contribution in [3.05, 3.63) is 0 Å². The smallest absolute Gasteiger partial charge is 0.262 e. The van der Waals surface area contributed by atoms with Gasteiger partial charge in [-0.3, -0.25) is 4.90 Å². The van der Waals surface area contributed by atoms with Crippen LogP contribution >= 0.6 is 0 Å². The average molecular weight is 248 g/mol. The fraction of sp³-hybridized carbons (Fsp3) is 1.00. The molecule has 0 saturated carbocycles. The van der Waals surface area contributed by atoms with Crippen LogP contribution in [0.15, 0.2) is 0 Å². The molecular formula is C12H22F2N2O. The Balaban J connectivity index is 1.96. The standard InChI is InChI=1S/C12H22F2N2O/c1-2-17-8-11-7-12(13,14)9-16(11)10-3-5-15-6-4-10/h10-11,15H,2-9H2,1H3/t11-/m0/s1. The molecule has 2 fully saturated rings. The Hall–Kier alpha value is -0.260. The molecule has 2 rings (SSSR count). The highest BCUT2D eigenvalue weighted by atomic mass is 19.3. The van der Waals surface area contributed by atoms with E-state index in [-0.39, 0.29) is 19.0 Å². The van der Waals surface area contributed by atoms with Crippen LogP contribution in [0.3, 0.4) is 0 Å².